The van der Waals surface area contributed by atoms with E-state index in [0.29, 0.717) is 4.24 Å². The van der Waals surface area contributed by atoms with Gasteiger partial charge in [-0.25, -0.2) is 4.79 Å². The third-order valence-corrected chi connectivity index (χ3v) is 5.69. The van der Waals surface area contributed by atoms with Crippen molar-refractivity contribution >= 4 is 52.6 Å². The lowest BCUT2D eigenvalue weighted by atomic mass is 10.0. The highest BCUT2D eigenvalue weighted by Gasteiger charge is 2.26. The minimum atomic E-state index is -0.765. The van der Waals surface area contributed by atoms with Crippen molar-refractivity contribution in [1.29, 1.82) is 0 Å². The van der Waals surface area contributed by atoms with Crippen molar-refractivity contribution in [1.82, 2.24) is 0 Å². The third kappa shape index (κ3) is 6.10. The molecule has 152 valence electrons. The number of nitro groups is 1. The molecule has 0 radical (unpaired) electrons. The van der Waals surface area contributed by atoms with Gasteiger partial charge in [-0.15, -0.1) is 23.5 Å². The average molecular weight is 427 g/mol. The number of hydrogen-bond acceptors (Lipinski definition) is 8. The van der Waals surface area contributed by atoms with Crippen LogP contribution in [0.4, 0.5) is 11.4 Å². The Bertz CT molecular complexity index is 814. The number of thioether (sulfide) groups is 2. The molecule has 0 aliphatic carbocycles. The topological polar surface area (TPSA) is 116 Å². The molecular weight excluding hydrogens is 404 g/mol. The zero-order valence-electron chi connectivity index (χ0n) is 16.2. The Morgan fingerprint density at radius 1 is 1.21 bits per heavy atom. The van der Waals surface area contributed by atoms with Crippen LogP contribution in [0.2, 0.25) is 0 Å². The Labute approximate surface area is 171 Å². The van der Waals surface area contributed by atoms with Gasteiger partial charge in [0.05, 0.1) is 27.5 Å². The molecule has 0 heterocycles. The molecule has 8 nitrogen and oxygen atoms in total. The molecule has 0 atom stereocenters. The molecule has 0 aromatic heterocycles. The summed E-state index contributed by atoms with van der Waals surface area (Å²) in [6, 6.07) is 3.40. The molecule has 0 saturated heterocycles. The summed E-state index contributed by atoms with van der Waals surface area (Å²) < 4.78 is 5.18. The van der Waals surface area contributed by atoms with Crippen LogP contribution in [0.1, 0.15) is 30.6 Å². The summed E-state index contributed by atoms with van der Waals surface area (Å²) in [5, 5.41) is 13.5. The van der Waals surface area contributed by atoms with E-state index in [1.807, 2.05) is 13.8 Å². The van der Waals surface area contributed by atoms with Crippen molar-refractivity contribution in [3.63, 3.8) is 0 Å². The van der Waals surface area contributed by atoms with Crippen LogP contribution in [0.3, 0.4) is 0 Å². The van der Waals surface area contributed by atoms with Gasteiger partial charge in [-0.05, 0) is 24.5 Å². The Kier molecular flexibility index (Phi) is 9.20. The molecule has 28 heavy (non-hydrogen) atoms. The molecule has 0 spiro atoms. The standard InChI is InChI=1S/C18H22N2O6S2/c1-10(2)8-14(21)15(18(27-4)28-5)16(22)19-13-9-11(20(24)25)6-7-12(13)17(23)26-3/h6-7,9-10H,8H2,1-5H3,(H,19,22). The maximum atomic E-state index is 12.9. The Hall–Kier alpha value is -2.33. The fourth-order valence-electron chi connectivity index (χ4n) is 2.32. The molecule has 0 unspecified atom stereocenters. The number of anilines is 1. The van der Waals surface area contributed by atoms with Gasteiger partial charge in [-0.3, -0.25) is 19.7 Å². The van der Waals surface area contributed by atoms with Crippen molar-refractivity contribution in [2.75, 3.05) is 24.9 Å². The number of amides is 1. The van der Waals surface area contributed by atoms with Gasteiger partial charge in [0.25, 0.3) is 11.6 Å². The van der Waals surface area contributed by atoms with Crippen LogP contribution >= 0.6 is 23.5 Å². The quantitative estimate of drug-likeness (QED) is 0.158. The number of carbonyl (C=O) groups is 3. The van der Waals surface area contributed by atoms with Crippen LogP contribution in [-0.4, -0.2) is 42.2 Å². The van der Waals surface area contributed by atoms with E-state index in [9.17, 15) is 24.5 Å². The molecule has 10 heteroatoms. The van der Waals surface area contributed by atoms with Gasteiger partial charge in [-0.1, -0.05) is 13.8 Å². The first-order valence-electron chi connectivity index (χ1n) is 8.19. The predicted molar refractivity (Wildman–Crippen MR) is 112 cm³/mol. The van der Waals surface area contributed by atoms with E-state index < -0.39 is 16.8 Å². The molecule has 0 saturated carbocycles. The number of nitrogens with one attached hydrogen (secondary N) is 1. The number of rotatable bonds is 9. The second-order valence-electron chi connectivity index (χ2n) is 6.02. The van der Waals surface area contributed by atoms with Crippen LogP contribution in [0, 0.1) is 16.0 Å². The van der Waals surface area contributed by atoms with Gasteiger partial charge in [0.2, 0.25) is 0 Å². The predicted octanol–water partition coefficient (Wildman–Crippen LogP) is 3.87. The molecule has 1 amide bonds. The molecule has 0 aliphatic rings. The van der Waals surface area contributed by atoms with Gasteiger partial charge in [0.15, 0.2) is 5.78 Å². The van der Waals surface area contributed by atoms with Gasteiger partial charge < -0.3 is 10.1 Å². The number of benzene rings is 1. The molecule has 1 N–H and O–H groups in total. The Morgan fingerprint density at radius 2 is 1.82 bits per heavy atom. The largest absolute Gasteiger partial charge is 0.465 e. The first-order valence-corrected chi connectivity index (χ1v) is 10.6. The van der Waals surface area contributed by atoms with E-state index in [1.54, 1.807) is 12.5 Å². The van der Waals surface area contributed by atoms with Crippen LogP contribution in [0.5, 0.6) is 0 Å². The summed E-state index contributed by atoms with van der Waals surface area (Å²) in [7, 11) is 1.16. The summed E-state index contributed by atoms with van der Waals surface area (Å²) in [5.74, 6) is -1.78. The summed E-state index contributed by atoms with van der Waals surface area (Å²) >= 11 is 2.51. The van der Waals surface area contributed by atoms with Crippen LogP contribution in [0.25, 0.3) is 0 Å². The van der Waals surface area contributed by atoms with Crippen LogP contribution in [-0.2, 0) is 14.3 Å². The van der Waals surface area contributed by atoms with E-state index >= 15 is 0 Å². The van der Waals surface area contributed by atoms with E-state index in [2.05, 4.69) is 10.1 Å². The summed E-state index contributed by atoms with van der Waals surface area (Å²) in [6.45, 7) is 3.72. The monoisotopic (exact) mass is 426 g/mol. The molecule has 0 fully saturated rings. The third-order valence-electron chi connectivity index (χ3n) is 3.54. The van der Waals surface area contributed by atoms with Crippen molar-refractivity contribution in [2.24, 2.45) is 5.92 Å². The first-order chi connectivity index (χ1) is 13.2. The van der Waals surface area contributed by atoms with E-state index in [-0.39, 0.29) is 40.6 Å². The number of methoxy groups -OCH3 is 1. The fraction of sp³-hybridized carbons (Fsp3) is 0.389. The van der Waals surface area contributed by atoms with Crippen LogP contribution < -0.4 is 5.32 Å². The van der Waals surface area contributed by atoms with Crippen molar-refractivity contribution in [2.45, 2.75) is 20.3 Å². The summed E-state index contributed by atoms with van der Waals surface area (Å²) in [5.41, 5.74) is -0.484. The van der Waals surface area contributed by atoms with Crippen molar-refractivity contribution < 1.29 is 24.0 Å². The SMILES string of the molecule is COC(=O)c1ccc([N+](=O)[O-])cc1NC(=O)C(C(=O)CC(C)C)=C(SC)SC. The maximum absolute atomic E-state index is 12.9. The van der Waals surface area contributed by atoms with Crippen LogP contribution in [0.15, 0.2) is 28.0 Å². The van der Waals surface area contributed by atoms with Gasteiger partial charge >= 0.3 is 5.97 Å². The van der Waals surface area contributed by atoms with Crippen molar-refractivity contribution in [3.8, 4) is 0 Å². The number of esters is 1. The fourth-order valence-corrected chi connectivity index (χ4v) is 3.80. The second-order valence-corrected chi connectivity index (χ2v) is 7.92. The highest BCUT2D eigenvalue weighted by atomic mass is 32.2. The zero-order valence-corrected chi connectivity index (χ0v) is 17.9. The van der Waals surface area contributed by atoms with E-state index in [4.69, 9.17) is 0 Å². The van der Waals surface area contributed by atoms with Gasteiger partial charge in [0.1, 0.15) is 5.57 Å². The lowest BCUT2D eigenvalue weighted by Gasteiger charge is -2.14. The smallest absolute Gasteiger partial charge is 0.339 e. The minimum Gasteiger partial charge on any atom is -0.465 e. The molecule has 1 aromatic carbocycles. The van der Waals surface area contributed by atoms with Gasteiger partial charge in [-0.2, -0.15) is 0 Å². The minimum absolute atomic E-state index is 0.0315. The molecule has 0 bridgehead atoms. The highest BCUT2D eigenvalue weighted by molar-refractivity contribution is 8.21. The van der Waals surface area contributed by atoms with E-state index in [1.165, 1.54) is 29.6 Å². The maximum Gasteiger partial charge on any atom is 0.339 e. The first kappa shape index (κ1) is 23.7. The lowest BCUT2D eigenvalue weighted by molar-refractivity contribution is -0.384. The molecule has 0 aliphatic heterocycles. The number of nitro benzene ring substituents is 1. The summed E-state index contributed by atoms with van der Waals surface area (Å²) in [4.78, 5) is 47.9. The molecule has 1 aromatic rings. The lowest BCUT2D eigenvalue weighted by Crippen LogP contribution is -2.24. The Morgan fingerprint density at radius 3 is 2.29 bits per heavy atom. The average Bonchev–Trinajstić information content (AvgIpc) is 2.64. The highest BCUT2D eigenvalue weighted by Crippen LogP contribution is 2.31. The second kappa shape index (κ2) is 10.9. The Balaban J connectivity index is 3.42. The zero-order chi connectivity index (χ0) is 21.4. The number of Topliss-reactive ketones (excluding diaryl/α,β-unsaturated/α-hetero) is 1. The number of ketones is 1. The normalized spacial score (nSPS) is 10.4. The number of nitrogens with zero attached hydrogens (tertiary/aromatic N) is 1. The summed E-state index contributed by atoms with van der Waals surface area (Å²) in [6.07, 6.45) is 3.66. The number of hydrogen-bond donors (Lipinski definition) is 1. The van der Waals surface area contributed by atoms with Gasteiger partial charge in [0, 0.05) is 18.6 Å². The van der Waals surface area contributed by atoms with Crippen molar-refractivity contribution in [3.05, 3.63) is 43.7 Å². The number of non-ortho nitro benzene ring substituents is 1. The van der Waals surface area contributed by atoms with E-state index in [0.717, 1.165) is 19.2 Å². The number of carbonyl (C=O) groups excluding carboxylic acids is 3. The molecular formula is C18H22N2O6S2. The number of ether oxygens (including phenoxy) is 1. The molecule has 1 rings (SSSR count).